The Balaban J connectivity index is 1.68. The molecule has 2 N–H and O–H groups in total. The normalized spacial score (nSPS) is 23.5. The number of aryl methyl sites for hydroxylation is 1. The predicted molar refractivity (Wildman–Crippen MR) is 137 cm³/mol. The number of rotatable bonds is 9. The molecule has 2 amide bonds. The summed E-state index contributed by atoms with van der Waals surface area (Å²) in [5.74, 6) is -0.416. The van der Waals surface area contributed by atoms with Crippen LogP contribution in [0.3, 0.4) is 0 Å². The monoisotopic (exact) mass is 521 g/mol. The molecular weight excluding hydrogens is 482 g/mol. The van der Waals surface area contributed by atoms with E-state index in [1.54, 1.807) is 13.8 Å². The van der Waals surface area contributed by atoms with Crippen LogP contribution in [0.25, 0.3) is 0 Å². The van der Waals surface area contributed by atoms with E-state index in [4.69, 9.17) is 4.74 Å². The molecule has 9 nitrogen and oxygen atoms in total. The van der Waals surface area contributed by atoms with Gasteiger partial charge in [-0.15, -0.1) is 0 Å². The van der Waals surface area contributed by atoms with Gasteiger partial charge in [-0.1, -0.05) is 38.5 Å². The van der Waals surface area contributed by atoms with Gasteiger partial charge in [0.15, 0.2) is 11.4 Å². The Morgan fingerprint density at radius 1 is 1.28 bits per heavy atom. The van der Waals surface area contributed by atoms with Crippen molar-refractivity contribution in [3.05, 3.63) is 29.3 Å². The number of benzene rings is 1. The van der Waals surface area contributed by atoms with Crippen molar-refractivity contribution in [3.63, 3.8) is 0 Å². The van der Waals surface area contributed by atoms with Crippen molar-refractivity contribution in [2.75, 3.05) is 18.8 Å². The molecule has 0 aromatic heterocycles. The van der Waals surface area contributed by atoms with Gasteiger partial charge < -0.3 is 15.4 Å². The molecule has 0 bridgehead atoms. The summed E-state index contributed by atoms with van der Waals surface area (Å²) in [6.45, 7) is 9.37. The number of carbonyl (C=O) groups is 3. The van der Waals surface area contributed by atoms with E-state index in [2.05, 4.69) is 10.6 Å². The lowest BCUT2D eigenvalue weighted by molar-refractivity contribution is -0.138. The largest absolute Gasteiger partial charge is 0.477 e. The number of ether oxygens (including phenoxy) is 1. The van der Waals surface area contributed by atoms with Gasteiger partial charge in [0.2, 0.25) is 15.9 Å². The number of Topliss-reactive ketones (excluding diaryl/α,β-unsaturated/α-hetero) is 1. The molecule has 36 heavy (non-hydrogen) atoms. The minimum absolute atomic E-state index is 0.00985. The van der Waals surface area contributed by atoms with Gasteiger partial charge in [0.1, 0.15) is 11.8 Å². The number of hydrogen-bond donors (Lipinski definition) is 2. The van der Waals surface area contributed by atoms with Gasteiger partial charge >= 0.3 is 0 Å². The smallest absolute Gasteiger partial charge is 0.264 e. The van der Waals surface area contributed by atoms with Crippen molar-refractivity contribution in [2.24, 2.45) is 5.92 Å². The van der Waals surface area contributed by atoms with Crippen LogP contribution in [0, 0.1) is 12.8 Å². The molecule has 1 aromatic carbocycles. The molecule has 0 spiro atoms. The van der Waals surface area contributed by atoms with Gasteiger partial charge in [-0.05, 0) is 57.1 Å². The second-order valence-electron chi connectivity index (χ2n) is 10.6. The summed E-state index contributed by atoms with van der Waals surface area (Å²) in [4.78, 5) is 39.4. The summed E-state index contributed by atoms with van der Waals surface area (Å²) < 4.78 is 32.1. The van der Waals surface area contributed by atoms with Gasteiger partial charge in [-0.25, -0.2) is 8.42 Å². The summed E-state index contributed by atoms with van der Waals surface area (Å²) in [6.07, 6.45) is 2.06. The first kappa shape index (κ1) is 28.1. The first-order valence-corrected chi connectivity index (χ1v) is 14.4. The average molecular weight is 522 g/mol. The SMILES string of the molecule is CCCS(=O)(=O)N1CCCC(NC(=O)[C@H](CC(C)C)NC(=O)C2(C)Cc3cc(C)ccc3O2)C(=O)C1. The Kier molecular flexibility index (Phi) is 8.82. The molecule has 3 atom stereocenters. The van der Waals surface area contributed by atoms with Crippen molar-refractivity contribution in [2.45, 2.75) is 84.4 Å². The maximum atomic E-state index is 13.3. The highest BCUT2D eigenvalue weighted by Gasteiger charge is 2.43. The molecular formula is C26H39N3O6S. The minimum atomic E-state index is -3.50. The number of fused-ring (bicyclic) bond motifs is 1. The molecule has 2 aliphatic rings. The highest BCUT2D eigenvalue weighted by molar-refractivity contribution is 7.89. The number of amides is 2. The Hall–Kier alpha value is -2.46. The quantitative estimate of drug-likeness (QED) is 0.513. The van der Waals surface area contributed by atoms with E-state index in [1.807, 2.05) is 39.0 Å². The van der Waals surface area contributed by atoms with Crippen molar-refractivity contribution >= 4 is 27.6 Å². The second kappa shape index (κ2) is 11.3. The molecule has 2 unspecified atom stereocenters. The summed E-state index contributed by atoms with van der Waals surface area (Å²) in [5.41, 5.74) is 0.884. The lowest BCUT2D eigenvalue weighted by Crippen LogP contribution is -2.57. The number of sulfonamides is 1. The van der Waals surface area contributed by atoms with Crippen LogP contribution in [-0.4, -0.2) is 66.8 Å². The third-order valence-corrected chi connectivity index (χ3v) is 8.70. The van der Waals surface area contributed by atoms with Crippen molar-refractivity contribution in [3.8, 4) is 5.75 Å². The van der Waals surface area contributed by atoms with E-state index in [1.165, 1.54) is 4.31 Å². The molecule has 0 aliphatic carbocycles. The second-order valence-corrected chi connectivity index (χ2v) is 12.7. The van der Waals surface area contributed by atoms with Crippen LogP contribution in [0.2, 0.25) is 0 Å². The Morgan fingerprint density at radius 3 is 2.67 bits per heavy atom. The van der Waals surface area contributed by atoms with E-state index in [9.17, 15) is 22.8 Å². The molecule has 3 rings (SSSR count). The first-order chi connectivity index (χ1) is 16.8. The summed E-state index contributed by atoms with van der Waals surface area (Å²) >= 11 is 0. The summed E-state index contributed by atoms with van der Waals surface area (Å²) in [6, 6.07) is 4.13. The maximum absolute atomic E-state index is 13.3. The molecule has 0 saturated carbocycles. The Morgan fingerprint density at radius 2 is 2.00 bits per heavy atom. The van der Waals surface area contributed by atoms with Gasteiger partial charge in [-0.2, -0.15) is 4.31 Å². The topological polar surface area (TPSA) is 122 Å². The van der Waals surface area contributed by atoms with Crippen LogP contribution in [0.5, 0.6) is 5.75 Å². The predicted octanol–water partition coefficient (Wildman–Crippen LogP) is 2.11. The summed E-state index contributed by atoms with van der Waals surface area (Å²) in [7, 11) is -3.50. The number of nitrogens with one attached hydrogen (secondary N) is 2. The lowest BCUT2D eigenvalue weighted by atomic mass is 9.95. The van der Waals surface area contributed by atoms with Crippen LogP contribution in [0.1, 0.15) is 64.5 Å². The van der Waals surface area contributed by atoms with Crippen LogP contribution in [0.15, 0.2) is 18.2 Å². The zero-order chi connectivity index (χ0) is 26.7. The molecule has 0 radical (unpaired) electrons. The van der Waals surface area contributed by atoms with Gasteiger partial charge in [-0.3, -0.25) is 14.4 Å². The first-order valence-electron chi connectivity index (χ1n) is 12.7. The fourth-order valence-corrected chi connectivity index (χ4v) is 6.28. The summed E-state index contributed by atoms with van der Waals surface area (Å²) in [5, 5.41) is 5.64. The fraction of sp³-hybridized carbons (Fsp3) is 0.654. The molecule has 1 aromatic rings. The lowest BCUT2D eigenvalue weighted by Gasteiger charge is -2.28. The average Bonchev–Trinajstić information content (AvgIpc) is 3.01. The molecule has 1 saturated heterocycles. The van der Waals surface area contributed by atoms with Crippen LogP contribution >= 0.6 is 0 Å². The third-order valence-electron chi connectivity index (χ3n) is 6.68. The Labute approximate surface area is 214 Å². The molecule has 2 aliphatic heterocycles. The van der Waals surface area contributed by atoms with Crippen LogP contribution in [-0.2, 0) is 30.8 Å². The molecule has 10 heteroatoms. The van der Waals surface area contributed by atoms with Gasteiger partial charge in [0.05, 0.1) is 18.3 Å². The highest BCUT2D eigenvalue weighted by Crippen LogP contribution is 2.35. The van der Waals surface area contributed by atoms with Gasteiger partial charge in [0, 0.05) is 13.0 Å². The zero-order valence-corrected chi connectivity index (χ0v) is 22.7. The van der Waals surface area contributed by atoms with E-state index in [0.29, 0.717) is 37.9 Å². The van der Waals surface area contributed by atoms with E-state index >= 15 is 0 Å². The fourth-order valence-electron chi connectivity index (χ4n) is 4.77. The highest BCUT2D eigenvalue weighted by atomic mass is 32.2. The van der Waals surface area contributed by atoms with Crippen molar-refractivity contribution in [1.29, 1.82) is 0 Å². The number of carbonyl (C=O) groups excluding carboxylic acids is 3. The van der Waals surface area contributed by atoms with Crippen LogP contribution in [0.4, 0.5) is 0 Å². The minimum Gasteiger partial charge on any atom is -0.477 e. The van der Waals surface area contributed by atoms with Gasteiger partial charge in [0.25, 0.3) is 5.91 Å². The maximum Gasteiger partial charge on any atom is 0.264 e. The Bertz CT molecular complexity index is 1100. The van der Waals surface area contributed by atoms with Crippen molar-refractivity contribution in [1.82, 2.24) is 14.9 Å². The zero-order valence-electron chi connectivity index (χ0n) is 21.9. The van der Waals surface area contributed by atoms with E-state index in [-0.39, 0.29) is 36.5 Å². The van der Waals surface area contributed by atoms with E-state index in [0.717, 1.165) is 11.1 Å². The number of hydrogen-bond acceptors (Lipinski definition) is 6. The molecule has 1 fully saturated rings. The standard InChI is InChI=1S/C26H39N3O6S/c1-6-12-36(33,34)29-11-7-8-20(22(30)16-29)27-24(31)21(13-17(2)3)28-25(32)26(5)15-19-14-18(4)9-10-23(19)35-26/h9-10,14,17,20-21H,6-8,11-13,15-16H2,1-5H3,(H,27,31)(H,28,32)/t20?,21-,26?/m0/s1. The number of ketones is 1. The van der Waals surface area contributed by atoms with Crippen LogP contribution < -0.4 is 15.4 Å². The number of nitrogens with zero attached hydrogens (tertiary/aromatic N) is 1. The molecule has 2 heterocycles. The third kappa shape index (κ3) is 6.64. The van der Waals surface area contributed by atoms with E-state index < -0.39 is 33.6 Å². The molecule has 200 valence electrons. The van der Waals surface area contributed by atoms with Crippen molar-refractivity contribution < 1.29 is 27.5 Å².